The normalized spacial score (nSPS) is 18.5. The monoisotopic (exact) mass is 399 g/mol. The number of ether oxygens (including phenoxy) is 2. The highest BCUT2D eigenvalue weighted by Crippen LogP contribution is 2.42. The molecule has 3 rings (SSSR count). The number of methoxy groups -OCH3 is 1. The van der Waals surface area contributed by atoms with Gasteiger partial charge in [-0.15, -0.1) is 0 Å². The molecule has 29 heavy (non-hydrogen) atoms. The molecule has 4 N–H and O–H groups in total. The van der Waals surface area contributed by atoms with E-state index < -0.39 is 5.60 Å². The van der Waals surface area contributed by atoms with Crippen LogP contribution in [0.2, 0.25) is 0 Å². The Kier molecular flexibility index (Phi) is 5.93. The van der Waals surface area contributed by atoms with Crippen molar-refractivity contribution in [2.75, 3.05) is 36.6 Å². The van der Waals surface area contributed by atoms with E-state index in [0.717, 1.165) is 23.2 Å². The molecule has 0 fully saturated rings. The number of nitrogen functional groups attached to an aromatic ring is 2. The number of amides is 1. The molecule has 0 saturated heterocycles. The molecule has 1 aliphatic rings. The lowest BCUT2D eigenvalue weighted by molar-refractivity contribution is -0.134. The Bertz CT molecular complexity index is 917. The largest absolute Gasteiger partial charge is 0.476 e. The van der Waals surface area contributed by atoms with Crippen LogP contribution in [0.1, 0.15) is 39.3 Å². The van der Waals surface area contributed by atoms with Crippen LogP contribution in [0.15, 0.2) is 18.2 Å². The predicted molar refractivity (Wildman–Crippen MR) is 114 cm³/mol. The molecule has 0 bridgehead atoms. The second-order valence-electron chi connectivity index (χ2n) is 7.31. The third-order valence-corrected chi connectivity index (χ3v) is 5.34. The summed E-state index contributed by atoms with van der Waals surface area (Å²) in [4.78, 5) is 23.4. The Balaban J connectivity index is 2.11. The van der Waals surface area contributed by atoms with E-state index in [9.17, 15) is 4.79 Å². The standard InChI is InChI=1S/C21H29N5O3/c1-5-14-17(18(22)25-20(23)24-14)13-8-9-16-15(12-13)26(10-7-11-28-4)19(27)21(3,6-2)29-16/h8-9,12H,5-7,10-11H2,1-4H3,(H4,22,23,24,25). The van der Waals surface area contributed by atoms with E-state index in [2.05, 4.69) is 9.97 Å². The van der Waals surface area contributed by atoms with Crippen molar-refractivity contribution in [3.63, 3.8) is 0 Å². The first-order chi connectivity index (χ1) is 13.8. The van der Waals surface area contributed by atoms with Gasteiger partial charge in [0.25, 0.3) is 5.91 Å². The number of anilines is 3. The zero-order valence-corrected chi connectivity index (χ0v) is 17.5. The van der Waals surface area contributed by atoms with Crippen molar-refractivity contribution < 1.29 is 14.3 Å². The third-order valence-electron chi connectivity index (χ3n) is 5.34. The van der Waals surface area contributed by atoms with Crippen molar-refractivity contribution in [3.8, 4) is 16.9 Å². The number of nitrogens with zero attached hydrogens (tertiary/aromatic N) is 3. The topological polar surface area (TPSA) is 117 Å². The number of rotatable bonds is 7. The predicted octanol–water partition coefficient (Wildman–Crippen LogP) is 2.80. The Morgan fingerprint density at radius 3 is 2.66 bits per heavy atom. The summed E-state index contributed by atoms with van der Waals surface area (Å²) >= 11 is 0. The van der Waals surface area contributed by atoms with Crippen molar-refractivity contribution in [1.29, 1.82) is 0 Å². The van der Waals surface area contributed by atoms with Crippen molar-refractivity contribution in [3.05, 3.63) is 23.9 Å². The van der Waals surface area contributed by atoms with Gasteiger partial charge in [-0.1, -0.05) is 19.9 Å². The second-order valence-corrected chi connectivity index (χ2v) is 7.31. The molecule has 2 aromatic rings. The molecule has 0 radical (unpaired) electrons. The second kappa shape index (κ2) is 8.24. The highest BCUT2D eigenvalue weighted by molar-refractivity contribution is 6.03. The number of carbonyl (C=O) groups is 1. The third kappa shape index (κ3) is 3.85. The van der Waals surface area contributed by atoms with E-state index in [-0.39, 0.29) is 11.9 Å². The molecule has 8 heteroatoms. The van der Waals surface area contributed by atoms with Crippen molar-refractivity contribution in [1.82, 2.24) is 9.97 Å². The number of benzene rings is 1. The van der Waals surface area contributed by atoms with E-state index in [1.165, 1.54) is 0 Å². The minimum atomic E-state index is -0.889. The Morgan fingerprint density at radius 1 is 1.24 bits per heavy atom. The summed E-state index contributed by atoms with van der Waals surface area (Å²) in [6.07, 6.45) is 1.95. The van der Waals surface area contributed by atoms with Crippen molar-refractivity contribution in [2.24, 2.45) is 0 Å². The van der Waals surface area contributed by atoms with Gasteiger partial charge in [0.2, 0.25) is 5.95 Å². The molecule has 156 valence electrons. The lowest BCUT2D eigenvalue weighted by Gasteiger charge is -2.40. The molecule has 1 atom stereocenters. The zero-order valence-electron chi connectivity index (χ0n) is 17.5. The summed E-state index contributed by atoms with van der Waals surface area (Å²) in [5.74, 6) is 1.09. The number of hydrogen-bond donors (Lipinski definition) is 2. The van der Waals surface area contributed by atoms with Gasteiger partial charge in [0.15, 0.2) is 5.60 Å². The number of hydrogen-bond acceptors (Lipinski definition) is 7. The highest BCUT2D eigenvalue weighted by atomic mass is 16.5. The fraction of sp³-hybridized carbons (Fsp3) is 0.476. The molecule has 0 aliphatic carbocycles. The van der Waals surface area contributed by atoms with Crippen molar-refractivity contribution in [2.45, 2.75) is 45.6 Å². The molecule has 0 spiro atoms. The van der Waals surface area contributed by atoms with E-state index in [4.69, 9.17) is 20.9 Å². The molecule has 1 amide bonds. The van der Waals surface area contributed by atoms with Crippen LogP contribution in [0.4, 0.5) is 17.5 Å². The lowest BCUT2D eigenvalue weighted by Crippen LogP contribution is -2.54. The van der Waals surface area contributed by atoms with Gasteiger partial charge in [-0.3, -0.25) is 4.79 Å². The molecular formula is C21H29N5O3. The molecule has 2 heterocycles. The minimum Gasteiger partial charge on any atom is -0.476 e. The zero-order chi connectivity index (χ0) is 21.2. The highest BCUT2D eigenvalue weighted by Gasteiger charge is 2.43. The van der Waals surface area contributed by atoms with Gasteiger partial charge in [0.1, 0.15) is 11.6 Å². The number of aromatic nitrogens is 2. The Hall–Kier alpha value is -2.87. The van der Waals surface area contributed by atoms with E-state index in [1.54, 1.807) is 12.0 Å². The van der Waals surface area contributed by atoms with Crippen LogP contribution in [0.3, 0.4) is 0 Å². The van der Waals surface area contributed by atoms with E-state index in [0.29, 0.717) is 43.2 Å². The van der Waals surface area contributed by atoms with Crippen LogP contribution >= 0.6 is 0 Å². The minimum absolute atomic E-state index is 0.0574. The number of nitrogens with two attached hydrogens (primary N) is 2. The summed E-state index contributed by atoms with van der Waals surface area (Å²) in [5, 5.41) is 0. The van der Waals surface area contributed by atoms with Gasteiger partial charge in [-0.2, -0.15) is 4.98 Å². The van der Waals surface area contributed by atoms with Crippen LogP contribution in [0.25, 0.3) is 11.1 Å². The average molecular weight is 399 g/mol. The fourth-order valence-corrected chi connectivity index (χ4v) is 3.58. The molecule has 1 aromatic heterocycles. The molecule has 0 saturated carbocycles. The van der Waals surface area contributed by atoms with Gasteiger partial charge in [-0.05, 0) is 43.9 Å². The lowest BCUT2D eigenvalue weighted by atomic mass is 9.96. The van der Waals surface area contributed by atoms with Gasteiger partial charge < -0.3 is 25.8 Å². The first-order valence-electron chi connectivity index (χ1n) is 9.90. The van der Waals surface area contributed by atoms with Crippen LogP contribution in [-0.4, -0.2) is 41.7 Å². The van der Waals surface area contributed by atoms with Gasteiger partial charge in [0.05, 0.1) is 11.4 Å². The number of carbonyl (C=O) groups excluding carboxylic acids is 1. The molecular weight excluding hydrogens is 370 g/mol. The smallest absolute Gasteiger partial charge is 0.270 e. The van der Waals surface area contributed by atoms with Gasteiger partial charge >= 0.3 is 0 Å². The first-order valence-corrected chi connectivity index (χ1v) is 9.90. The maximum Gasteiger partial charge on any atom is 0.270 e. The quantitative estimate of drug-likeness (QED) is 0.688. The molecule has 1 aliphatic heterocycles. The number of aryl methyl sites for hydroxylation is 1. The maximum atomic E-state index is 13.2. The Labute approximate surface area is 171 Å². The van der Waals surface area contributed by atoms with E-state index >= 15 is 0 Å². The van der Waals surface area contributed by atoms with Crippen molar-refractivity contribution >= 4 is 23.4 Å². The van der Waals surface area contributed by atoms with Crippen LogP contribution in [0.5, 0.6) is 5.75 Å². The van der Waals surface area contributed by atoms with Crippen LogP contribution in [0, 0.1) is 0 Å². The summed E-state index contributed by atoms with van der Waals surface area (Å²) in [7, 11) is 1.65. The number of fused-ring (bicyclic) bond motifs is 1. The SMILES string of the molecule is CCc1nc(N)nc(N)c1-c1ccc2c(c1)N(CCCOC)C(=O)C(C)(CC)O2. The fourth-order valence-electron chi connectivity index (χ4n) is 3.58. The van der Waals surface area contributed by atoms with E-state index in [1.807, 2.05) is 39.0 Å². The summed E-state index contributed by atoms with van der Waals surface area (Å²) < 4.78 is 11.3. The van der Waals surface area contributed by atoms with Crippen LogP contribution < -0.4 is 21.1 Å². The molecule has 1 aromatic carbocycles. The molecule has 8 nitrogen and oxygen atoms in total. The van der Waals surface area contributed by atoms with Gasteiger partial charge in [-0.25, -0.2) is 4.98 Å². The first kappa shape index (κ1) is 20.9. The molecule has 1 unspecified atom stereocenters. The van der Waals surface area contributed by atoms with Gasteiger partial charge in [0, 0.05) is 25.8 Å². The maximum absolute atomic E-state index is 13.2. The summed E-state index contributed by atoms with van der Waals surface area (Å²) in [6.45, 7) is 6.87. The summed E-state index contributed by atoms with van der Waals surface area (Å²) in [5.41, 5.74) is 14.1. The average Bonchev–Trinajstić information content (AvgIpc) is 2.70. The van der Waals surface area contributed by atoms with Crippen LogP contribution in [-0.2, 0) is 16.0 Å². The summed E-state index contributed by atoms with van der Waals surface area (Å²) in [6, 6.07) is 5.71. The Morgan fingerprint density at radius 2 is 2.00 bits per heavy atom.